The molecular formula is C20H16F3N7O3. The van der Waals surface area contributed by atoms with Crippen molar-refractivity contribution in [3.8, 4) is 0 Å². The van der Waals surface area contributed by atoms with Gasteiger partial charge in [0.15, 0.2) is 5.69 Å². The lowest BCUT2D eigenvalue weighted by Crippen LogP contribution is -2.32. The molecule has 4 rings (SSSR count). The number of aromatic nitrogens is 4. The molecule has 3 aromatic rings. The van der Waals surface area contributed by atoms with Crippen LogP contribution < -0.4 is 10.2 Å². The molecule has 170 valence electrons. The van der Waals surface area contributed by atoms with Gasteiger partial charge in [0.05, 0.1) is 31.0 Å². The molecule has 10 nitrogen and oxygen atoms in total. The van der Waals surface area contributed by atoms with Gasteiger partial charge in [-0.3, -0.25) is 5.32 Å². The summed E-state index contributed by atoms with van der Waals surface area (Å²) in [6.07, 6.45) is -2.91. The number of halogens is 3. The lowest BCUT2D eigenvalue weighted by Gasteiger charge is -2.31. The minimum Gasteiger partial charge on any atom is -0.459 e. The first-order valence-corrected chi connectivity index (χ1v) is 9.74. The summed E-state index contributed by atoms with van der Waals surface area (Å²) in [6, 6.07) is 3.58. The molecule has 1 aliphatic rings. The van der Waals surface area contributed by atoms with E-state index in [0.717, 1.165) is 11.6 Å². The summed E-state index contributed by atoms with van der Waals surface area (Å²) in [5.41, 5.74) is 0.258. The summed E-state index contributed by atoms with van der Waals surface area (Å²) in [4.78, 5) is 24.8. The van der Waals surface area contributed by atoms with Crippen LogP contribution in [-0.4, -0.2) is 39.3 Å². The highest BCUT2D eigenvalue weighted by Crippen LogP contribution is 2.39. The van der Waals surface area contributed by atoms with Gasteiger partial charge in [-0.25, -0.2) is 19.6 Å². The summed E-state index contributed by atoms with van der Waals surface area (Å²) in [6.45, 7) is 9.41. The molecule has 3 heterocycles. The number of hydrogen-bond donors (Lipinski definition) is 1. The van der Waals surface area contributed by atoms with Crippen LogP contribution in [0.4, 0.5) is 36.4 Å². The highest BCUT2D eigenvalue weighted by atomic mass is 19.4. The Hall–Kier alpha value is -4.21. The van der Waals surface area contributed by atoms with E-state index >= 15 is 0 Å². The molecule has 1 N–H and O–H groups in total. The average molecular weight is 459 g/mol. The number of carbonyl (C=O) groups excluding carboxylic acids is 1. The predicted octanol–water partition coefficient (Wildman–Crippen LogP) is 3.91. The minimum absolute atomic E-state index is 0.0639. The van der Waals surface area contributed by atoms with Gasteiger partial charge >= 0.3 is 24.1 Å². The quantitative estimate of drug-likeness (QED) is 0.448. The third-order valence-corrected chi connectivity index (χ3v) is 4.88. The highest BCUT2D eigenvalue weighted by Gasteiger charge is 2.34. The minimum atomic E-state index is -4.63. The second kappa shape index (κ2) is 8.73. The number of esters is 1. The molecule has 0 fully saturated rings. The molecule has 0 unspecified atom stereocenters. The average Bonchev–Trinajstić information content (AvgIpc) is 3.27. The molecule has 0 saturated carbocycles. The SMILES string of the molecule is [C-]#[N+]c1ccc(N2CCc3c(ncnc3Nc3nnc(C(=O)OCC)o3)C2)cc1C(F)(F)F. The molecule has 0 amide bonds. The van der Waals surface area contributed by atoms with Crippen molar-refractivity contribution in [2.75, 3.05) is 23.4 Å². The van der Waals surface area contributed by atoms with E-state index in [4.69, 9.17) is 15.7 Å². The van der Waals surface area contributed by atoms with Crippen LogP contribution in [0.5, 0.6) is 0 Å². The van der Waals surface area contributed by atoms with Crippen molar-refractivity contribution in [1.82, 2.24) is 20.2 Å². The zero-order valence-corrected chi connectivity index (χ0v) is 17.2. The van der Waals surface area contributed by atoms with Gasteiger partial charge in [-0.1, -0.05) is 16.3 Å². The van der Waals surface area contributed by atoms with Crippen molar-refractivity contribution in [1.29, 1.82) is 0 Å². The third kappa shape index (κ3) is 4.54. The Morgan fingerprint density at radius 2 is 2.15 bits per heavy atom. The van der Waals surface area contributed by atoms with Crippen LogP contribution in [0.1, 0.15) is 34.4 Å². The summed E-state index contributed by atoms with van der Waals surface area (Å²) in [5.74, 6) is -0.671. The Bertz CT molecular complexity index is 1240. The summed E-state index contributed by atoms with van der Waals surface area (Å²) < 4.78 is 50.0. The topological polar surface area (TPSA) is 111 Å². The lowest BCUT2D eigenvalue weighted by molar-refractivity contribution is -0.136. The van der Waals surface area contributed by atoms with Crippen molar-refractivity contribution in [3.05, 3.63) is 58.7 Å². The Balaban J connectivity index is 1.55. The maximum atomic E-state index is 13.3. The van der Waals surface area contributed by atoms with Crippen LogP contribution in [0.25, 0.3) is 4.85 Å². The molecule has 0 atom stereocenters. The normalized spacial score (nSPS) is 13.2. The number of nitrogens with zero attached hydrogens (tertiary/aromatic N) is 6. The summed E-state index contributed by atoms with van der Waals surface area (Å²) >= 11 is 0. The first-order chi connectivity index (χ1) is 15.8. The van der Waals surface area contributed by atoms with Gasteiger partial charge in [-0.15, -0.1) is 0 Å². The second-order valence-corrected chi connectivity index (χ2v) is 6.89. The Morgan fingerprint density at radius 1 is 1.33 bits per heavy atom. The monoisotopic (exact) mass is 459 g/mol. The van der Waals surface area contributed by atoms with Gasteiger partial charge in [0.1, 0.15) is 12.1 Å². The molecule has 13 heteroatoms. The Kier molecular flexibility index (Phi) is 5.82. The van der Waals surface area contributed by atoms with Gasteiger partial charge in [0, 0.05) is 17.8 Å². The van der Waals surface area contributed by atoms with Gasteiger partial charge in [-0.05, 0) is 25.5 Å². The predicted molar refractivity (Wildman–Crippen MR) is 108 cm³/mol. The van der Waals surface area contributed by atoms with E-state index in [1.807, 2.05) is 0 Å². The largest absolute Gasteiger partial charge is 0.459 e. The lowest BCUT2D eigenvalue weighted by atomic mass is 10.0. The van der Waals surface area contributed by atoms with Gasteiger partial charge in [0.25, 0.3) is 0 Å². The van der Waals surface area contributed by atoms with E-state index in [1.165, 1.54) is 18.5 Å². The molecule has 0 aliphatic carbocycles. The van der Waals surface area contributed by atoms with Crippen LogP contribution in [0.2, 0.25) is 0 Å². The maximum Gasteiger partial charge on any atom is 0.407 e. The van der Waals surface area contributed by atoms with Crippen molar-refractivity contribution in [3.63, 3.8) is 0 Å². The molecule has 33 heavy (non-hydrogen) atoms. The van der Waals surface area contributed by atoms with Crippen LogP contribution >= 0.6 is 0 Å². The maximum absolute atomic E-state index is 13.3. The first-order valence-electron chi connectivity index (χ1n) is 9.74. The van der Waals surface area contributed by atoms with Gasteiger partial charge in [0.2, 0.25) is 0 Å². The van der Waals surface area contributed by atoms with Crippen LogP contribution in [0, 0.1) is 6.57 Å². The second-order valence-electron chi connectivity index (χ2n) is 6.89. The fourth-order valence-corrected chi connectivity index (χ4v) is 3.38. The van der Waals surface area contributed by atoms with E-state index in [0.29, 0.717) is 30.2 Å². The number of fused-ring (bicyclic) bond motifs is 1. The number of benzene rings is 1. The molecule has 2 aromatic heterocycles. The Labute approximate surface area is 185 Å². The van der Waals surface area contributed by atoms with Crippen molar-refractivity contribution in [2.24, 2.45) is 0 Å². The van der Waals surface area contributed by atoms with E-state index in [1.54, 1.807) is 11.8 Å². The van der Waals surface area contributed by atoms with E-state index in [2.05, 4.69) is 30.3 Å². The zero-order valence-electron chi connectivity index (χ0n) is 17.2. The summed E-state index contributed by atoms with van der Waals surface area (Å²) in [5, 5.41) is 10.2. The number of ether oxygens (including phenoxy) is 1. The number of rotatable bonds is 5. The third-order valence-electron chi connectivity index (χ3n) is 4.88. The van der Waals surface area contributed by atoms with Crippen molar-refractivity contribution in [2.45, 2.75) is 26.1 Å². The molecule has 1 aromatic carbocycles. The molecule has 0 spiro atoms. The number of anilines is 3. The fraction of sp³-hybridized carbons (Fsp3) is 0.300. The first kappa shape index (κ1) is 22.0. The summed E-state index contributed by atoms with van der Waals surface area (Å²) in [7, 11) is 0. The number of carbonyl (C=O) groups is 1. The fourth-order valence-electron chi connectivity index (χ4n) is 3.38. The van der Waals surface area contributed by atoms with E-state index in [-0.39, 0.29) is 25.1 Å². The Morgan fingerprint density at radius 3 is 2.88 bits per heavy atom. The van der Waals surface area contributed by atoms with Crippen molar-refractivity contribution < 1.29 is 27.1 Å². The smallest absolute Gasteiger partial charge is 0.407 e. The standard InChI is InChI=1S/C20H16F3N7O3/c1-3-32-18(31)17-28-29-19(33-17)27-16-12-6-7-30(9-15(12)25-10-26-16)11-4-5-14(24-2)13(8-11)20(21,22)23/h4-5,8,10H,3,6-7,9H2,1H3,(H,25,26,27,29). The zero-order chi connectivity index (χ0) is 23.6. The molecule has 0 radical (unpaired) electrons. The van der Waals surface area contributed by atoms with Gasteiger partial charge in [-0.2, -0.15) is 13.2 Å². The van der Waals surface area contributed by atoms with Crippen LogP contribution in [-0.2, 0) is 23.9 Å². The van der Waals surface area contributed by atoms with Crippen LogP contribution in [0.15, 0.2) is 28.9 Å². The molecular weight excluding hydrogens is 443 g/mol. The highest BCUT2D eigenvalue weighted by molar-refractivity contribution is 5.84. The number of nitrogens with one attached hydrogen (secondary N) is 1. The molecule has 1 aliphatic heterocycles. The van der Waals surface area contributed by atoms with Crippen LogP contribution in [0.3, 0.4) is 0 Å². The van der Waals surface area contributed by atoms with Crippen molar-refractivity contribution >= 4 is 29.2 Å². The number of hydrogen-bond acceptors (Lipinski definition) is 9. The number of alkyl halides is 3. The molecule has 0 bridgehead atoms. The van der Waals surface area contributed by atoms with E-state index < -0.39 is 23.4 Å². The molecule has 0 saturated heterocycles. The van der Waals surface area contributed by atoms with E-state index in [9.17, 15) is 18.0 Å². The van der Waals surface area contributed by atoms with Gasteiger partial charge < -0.3 is 14.1 Å².